The maximum atomic E-state index is 5.36. The summed E-state index contributed by atoms with van der Waals surface area (Å²) in [6, 6.07) is 0.757. The monoisotopic (exact) mass is 169 g/mol. The Kier molecular flexibility index (Phi) is 2.37. The lowest BCUT2D eigenvalue weighted by molar-refractivity contribution is 0.190. The predicted octanol–water partition coefficient (Wildman–Crippen LogP) is 1.51. The van der Waals surface area contributed by atoms with Crippen LogP contribution in [0.2, 0.25) is 0 Å². The van der Waals surface area contributed by atoms with Crippen LogP contribution < -0.4 is 0 Å². The minimum Gasteiger partial charge on any atom is -0.371 e. The van der Waals surface area contributed by atoms with Gasteiger partial charge in [0, 0.05) is 12.6 Å². The third-order valence-electron chi connectivity index (χ3n) is 2.80. The molecule has 0 radical (unpaired) electrons. The summed E-state index contributed by atoms with van der Waals surface area (Å²) in [7, 11) is 0. The Hall–Kier alpha value is -0.0800. The molecule has 2 rings (SSSR count). The maximum absolute atomic E-state index is 5.36. The highest BCUT2D eigenvalue weighted by atomic mass is 16.6. The van der Waals surface area contributed by atoms with Crippen LogP contribution >= 0.6 is 0 Å². The molecule has 2 atom stereocenters. The molecule has 0 aromatic rings. The quantitative estimate of drug-likeness (QED) is 0.595. The summed E-state index contributed by atoms with van der Waals surface area (Å²) in [6.45, 7) is 8.15. The Morgan fingerprint density at radius 2 is 2.25 bits per heavy atom. The van der Waals surface area contributed by atoms with Crippen LogP contribution in [0.1, 0.15) is 26.7 Å². The van der Waals surface area contributed by atoms with Gasteiger partial charge < -0.3 is 4.74 Å². The smallest absolute Gasteiger partial charge is 0.0964 e. The zero-order valence-corrected chi connectivity index (χ0v) is 8.12. The van der Waals surface area contributed by atoms with E-state index in [4.69, 9.17) is 4.74 Å². The van der Waals surface area contributed by atoms with Crippen LogP contribution in [0.5, 0.6) is 0 Å². The van der Waals surface area contributed by atoms with Gasteiger partial charge in [-0.05, 0) is 25.3 Å². The van der Waals surface area contributed by atoms with Gasteiger partial charge in [0.2, 0.25) is 0 Å². The molecule has 0 saturated carbocycles. The lowest BCUT2D eigenvalue weighted by Gasteiger charge is -2.24. The first-order valence-electron chi connectivity index (χ1n) is 5.13. The van der Waals surface area contributed by atoms with E-state index >= 15 is 0 Å². The van der Waals surface area contributed by atoms with E-state index in [0.29, 0.717) is 6.10 Å². The third kappa shape index (κ3) is 1.80. The Balaban J connectivity index is 1.85. The first-order chi connectivity index (χ1) is 5.77. The molecule has 2 fully saturated rings. The second kappa shape index (κ2) is 3.35. The highest BCUT2D eigenvalue weighted by molar-refractivity contribution is 4.91. The van der Waals surface area contributed by atoms with Gasteiger partial charge in [-0.3, -0.25) is 4.90 Å². The topological polar surface area (TPSA) is 15.8 Å². The van der Waals surface area contributed by atoms with Gasteiger partial charge in [0.15, 0.2) is 0 Å². The lowest BCUT2D eigenvalue weighted by Crippen LogP contribution is -2.36. The van der Waals surface area contributed by atoms with Crippen molar-refractivity contribution in [1.29, 1.82) is 0 Å². The molecule has 0 amide bonds. The average molecular weight is 169 g/mol. The molecule has 0 aromatic heterocycles. The fourth-order valence-electron chi connectivity index (χ4n) is 2.25. The second-order valence-corrected chi connectivity index (χ2v) is 4.47. The van der Waals surface area contributed by atoms with Gasteiger partial charge >= 0.3 is 0 Å². The van der Waals surface area contributed by atoms with Crippen molar-refractivity contribution in [2.45, 2.75) is 38.8 Å². The molecular formula is C10H19NO. The SMILES string of the molecule is CC(C)CN1CCCC1C1CO1. The first kappa shape index (κ1) is 8.52. The Morgan fingerprint density at radius 3 is 2.83 bits per heavy atom. The van der Waals surface area contributed by atoms with E-state index in [1.165, 1.54) is 25.9 Å². The normalized spacial score (nSPS) is 36.2. The van der Waals surface area contributed by atoms with E-state index in [9.17, 15) is 0 Å². The van der Waals surface area contributed by atoms with E-state index < -0.39 is 0 Å². The van der Waals surface area contributed by atoms with Crippen LogP contribution in [0.4, 0.5) is 0 Å². The zero-order valence-electron chi connectivity index (χ0n) is 8.12. The maximum Gasteiger partial charge on any atom is 0.0964 e. The summed E-state index contributed by atoms with van der Waals surface area (Å²) in [4.78, 5) is 2.61. The summed E-state index contributed by atoms with van der Waals surface area (Å²) in [5.41, 5.74) is 0. The summed E-state index contributed by atoms with van der Waals surface area (Å²) >= 11 is 0. The standard InChI is InChI=1S/C10H19NO/c1-8(2)6-11-5-3-4-9(11)10-7-12-10/h8-10H,3-7H2,1-2H3. The van der Waals surface area contributed by atoms with E-state index in [1.54, 1.807) is 0 Å². The van der Waals surface area contributed by atoms with E-state index in [1.807, 2.05) is 0 Å². The third-order valence-corrected chi connectivity index (χ3v) is 2.80. The van der Waals surface area contributed by atoms with Gasteiger partial charge in [-0.2, -0.15) is 0 Å². The van der Waals surface area contributed by atoms with Crippen LogP contribution in [0.15, 0.2) is 0 Å². The highest BCUT2D eigenvalue weighted by Crippen LogP contribution is 2.28. The van der Waals surface area contributed by atoms with E-state index in [2.05, 4.69) is 18.7 Å². The molecular weight excluding hydrogens is 150 g/mol. The molecule has 2 heteroatoms. The molecule has 2 aliphatic rings. The van der Waals surface area contributed by atoms with Crippen molar-refractivity contribution in [3.05, 3.63) is 0 Å². The van der Waals surface area contributed by atoms with Crippen LogP contribution in [-0.2, 0) is 4.74 Å². The fraction of sp³-hybridized carbons (Fsp3) is 1.00. The van der Waals surface area contributed by atoms with Crippen LogP contribution in [0.3, 0.4) is 0 Å². The van der Waals surface area contributed by atoms with Gasteiger partial charge in [-0.25, -0.2) is 0 Å². The molecule has 2 saturated heterocycles. The van der Waals surface area contributed by atoms with Gasteiger partial charge in [0.25, 0.3) is 0 Å². The van der Waals surface area contributed by atoms with Crippen LogP contribution in [0.25, 0.3) is 0 Å². The molecule has 0 aromatic carbocycles. The van der Waals surface area contributed by atoms with Crippen molar-refractivity contribution in [2.75, 3.05) is 19.7 Å². The molecule has 0 bridgehead atoms. The fourth-order valence-corrected chi connectivity index (χ4v) is 2.25. The van der Waals surface area contributed by atoms with Crippen molar-refractivity contribution in [3.63, 3.8) is 0 Å². The van der Waals surface area contributed by atoms with Gasteiger partial charge in [0.1, 0.15) is 0 Å². The van der Waals surface area contributed by atoms with Crippen molar-refractivity contribution in [3.8, 4) is 0 Å². The molecule has 2 unspecified atom stereocenters. The van der Waals surface area contributed by atoms with E-state index in [0.717, 1.165) is 18.6 Å². The molecule has 0 aliphatic carbocycles. The molecule has 2 heterocycles. The number of ether oxygens (including phenoxy) is 1. The van der Waals surface area contributed by atoms with Gasteiger partial charge in [-0.15, -0.1) is 0 Å². The highest BCUT2D eigenvalue weighted by Gasteiger charge is 2.39. The van der Waals surface area contributed by atoms with Crippen LogP contribution in [0, 0.1) is 5.92 Å². The lowest BCUT2D eigenvalue weighted by atomic mass is 10.1. The minimum atomic E-state index is 0.589. The average Bonchev–Trinajstić information content (AvgIpc) is 2.73. The molecule has 2 aliphatic heterocycles. The predicted molar refractivity (Wildman–Crippen MR) is 49.2 cm³/mol. The first-order valence-corrected chi connectivity index (χ1v) is 5.13. The minimum absolute atomic E-state index is 0.589. The number of nitrogens with zero attached hydrogens (tertiary/aromatic N) is 1. The number of rotatable bonds is 3. The molecule has 70 valence electrons. The Labute approximate surface area is 74.9 Å². The Morgan fingerprint density at radius 1 is 1.50 bits per heavy atom. The number of hydrogen-bond acceptors (Lipinski definition) is 2. The summed E-state index contributed by atoms with van der Waals surface area (Å²) in [5.74, 6) is 0.796. The van der Waals surface area contributed by atoms with Crippen molar-refractivity contribution < 1.29 is 4.74 Å². The van der Waals surface area contributed by atoms with Crippen molar-refractivity contribution >= 4 is 0 Å². The Bertz CT molecular complexity index is 154. The number of hydrogen-bond donors (Lipinski definition) is 0. The van der Waals surface area contributed by atoms with Gasteiger partial charge in [0.05, 0.1) is 12.7 Å². The number of likely N-dealkylation sites (tertiary alicyclic amines) is 1. The van der Waals surface area contributed by atoms with Crippen LogP contribution in [-0.4, -0.2) is 36.7 Å². The zero-order chi connectivity index (χ0) is 8.55. The summed E-state index contributed by atoms with van der Waals surface area (Å²) < 4.78 is 5.36. The van der Waals surface area contributed by atoms with Gasteiger partial charge in [-0.1, -0.05) is 13.8 Å². The van der Waals surface area contributed by atoms with Crippen molar-refractivity contribution in [1.82, 2.24) is 4.90 Å². The summed E-state index contributed by atoms with van der Waals surface area (Å²) in [5, 5.41) is 0. The molecule has 0 N–H and O–H groups in total. The summed E-state index contributed by atoms with van der Waals surface area (Å²) in [6.07, 6.45) is 3.32. The molecule has 0 spiro atoms. The number of epoxide rings is 1. The molecule has 12 heavy (non-hydrogen) atoms. The van der Waals surface area contributed by atoms with E-state index in [-0.39, 0.29) is 0 Å². The largest absolute Gasteiger partial charge is 0.371 e. The van der Waals surface area contributed by atoms with Crippen molar-refractivity contribution in [2.24, 2.45) is 5.92 Å². The second-order valence-electron chi connectivity index (χ2n) is 4.47. The molecule has 2 nitrogen and oxygen atoms in total.